The Morgan fingerprint density at radius 1 is 1.22 bits per heavy atom. The van der Waals surface area contributed by atoms with E-state index in [0.717, 1.165) is 49.9 Å². The number of nitrogens with one attached hydrogen (secondary N) is 1. The summed E-state index contributed by atoms with van der Waals surface area (Å²) in [6.45, 7) is 13.3. The summed E-state index contributed by atoms with van der Waals surface area (Å²) in [5, 5.41) is 4.25. The molecule has 0 saturated carbocycles. The van der Waals surface area contributed by atoms with Crippen LogP contribution in [0.3, 0.4) is 0 Å². The molecule has 1 aliphatic heterocycles. The molecule has 5 heteroatoms. The van der Waals surface area contributed by atoms with E-state index in [1.807, 2.05) is 6.07 Å². The molecule has 2 aromatic rings. The van der Waals surface area contributed by atoms with Gasteiger partial charge >= 0.3 is 0 Å². The van der Waals surface area contributed by atoms with Crippen molar-refractivity contribution in [2.45, 2.75) is 66.0 Å². The third kappa shape index (κ3) is 6.94. The van der Waals surface area contributed by atoms with Crippen molar-refractivity contribution in [3.8, 4) is 0 Å². The molecule has 0 saturated heterocycles. The van der Waals surface area contributed by atoms with Gasteiger partial charge in [-0.15, -0.1) is 0 Å². The Kier molecular flexibility index (Phi) is 9.36. The summed E-state index contributed by atoms with van der Waals surface area (Å²) in [5.41, 5.74) is 6.48. The standard InChI is InChI=1S/C27H39N3OS/c1-5-15-29-16-8-11-24-19-23(13-14-26(24)29)20-30(17-9-18-31-21(2)3)27(32)28-25-12-7-6-10-22(25)4/h6-7,10,12-14,19,21H,5,8-9,11,15-18,20H2,1-4H3,(H,28,32). The second kappa shape index (κ2) is 12.2. The number of rotatable bonds is 10. The van der Waals surface area contributed by atoms with Crippen LogP contribution >= 0.6 is 12.2 Å². The van der Waals surface area contributed by atoms with Crippen molar-refractivity contribution in [1.82, 2.24) is 4.90 Å². The van der Waals surface area contributed by atoms with Crippen molar-refractivity contribution in [3.63, 3.8) is 0 Å². The molecule has 1 heterocycles. The lowest BCUT2D eigenvalue weighted by Crippen LogP contribution is -2.36. The highest BCUT2D eigenvalue weighted by atomic mass is 32.1. The molecule has 0 atom stereocenters. The molecule has 2 aromatic carbocycles. The zero-order valence-corrected chi connectivity index (χ0v) is 21.0. The van der Waals surface area contributed by atoms with E-state index >= 15 is 0 Å². The van der Waals surface area contributed by atoms with Crippen molar-refractivity contribution in [3.05, 3.63) is 59.2 Å². The third-order valence-corrected chi connectivity index (χ3v) is 6.28. The number of ether oxygens (including phenoxy) is 1. The van der Waals surface area contributed by atoms with Crippen LogP contribution in [0.25, 0.3) is 0 Å². The largest absolute Gasteiger partial charge is 0.379 e. The third-order valence-electron chi connectivity index (χ3n) is 5.92. The maximum Gasteiger partial charge on any atom is 0.173 e. The topological polar surface area (TPSA) is 27.7 Å². The van der Waals surface area contributed by atoms with Gasteiger partial charge in [-0.05, 0) is 87.5 Å². The van der Waals surface area contributed by atoms with E-state index in [9.17, 15) is 0 Å². The minimum absolute atomic E-state index is 0.257. The number of benzene rings is 2. The zero-order chi connectivity index (χ0) is 22.9. The molecule has 174 valence electrons. The maximum absolute atomic E-state index is 5.86. The van der Waals surface area contributed by atoms with E-state index in [4.69, 9.17) is 17.0 Å². The van der Waals surface area contributed by atoms with Crippen LogP contribution in [0.5, 0.6) is 0 Å². The first-order valence-electron chi connectivity index (χ1n) is 12.1. The zero-order valence-electron chi connectivity index (χ0n) is 20.2. The van der Waals surface area contributed by atoms with Gasteiger partial charge in [-0.2, -0.15) is 0 Å². The normalized spacial score (nSPS) is 13.2. The maximum atomic E-state index is 5.86. The van der Waals surface area contributed by atoms with Gasteiger partial charge in [-0.25, -0.2) is 0 Å². The van der Waals surface area contributed by atoms with Gasteiger partial charge in [0.25, 0.3) is 0 Å². The van der Waals surface area contributed by atoms with Gasteiger partial charge in [-0.3, -0.25) is 0 Å². The van der Waals surface area contributed by atoms with Gasteiger partial charge < -0.3 is 19.9 Å². The first-order valence-corrected chi connectivity index (χ1v) is 12.5. The molecule has 0 amide bonds. The molecule has 0 fully saturated rings. The predicted octanol–water partition coefficient (Wildman–Crippen LogP) is 6.17. The molecule has 1 N–H and O–H groups in total. The van der Waals surface area contributed by atoms with E-state index < -0.39 is 0 Å². The van der Waals surface area contributed by atoms with E-state index in [2.05, 4.69) is 79.2 Å². The number of hydrogen-bond donors (Lipinski definition) is 1. The van der Waals surface area contributed by atoms with Crippen molar-refractivity contribution in [1.29, 1.82) is 0 Å². The van der Waals surface area contributed by atoms with Crippen LogP contribution in [0.15, 0.2) is 42.5 Å². The van der Waals surface area contributed by atoms with Crippen LogP contribution in [0, 0.1) is 6.92 Å². The molecular weight excluding hydrogens is 414 g/mol. The molecule has 0 aromatic heterocycles. The Morgan fingerprint density at radius 3 is 2.78 bits per heavy atom. The molecule has 0 spiro atoms. The summed E-state index contributed by atoms with van der Waals surface area (Å²) in [6.07, 6.45) is 4.79. The molecule has 0 unspecified atom stereocenters. The smallest absolute Gasteiger partial charge is 0.173 e. The van der Waals surface area contributed by atoms with Crippen molar-refractivity contribution >= 4 is 28.7 Å². The molecule has 1 aliphatic rings. The lowest BCUT2D eigenvalue weighted by atomic mass is 9.99. The van der Waals surface area contributed by atoms with E-state index in [1.165, 1.54) is 41.8 Å². The molecular formula is C27H39N3OS. The predicted molar refractivity (Wildman–Crippen MR) is 141 cm³/mol. The summed E-state index contributed by atoms with van der Waals surface area (Å²) in [6, 6.07) is 15.3. The average molecular weight is 454 g/mol. The molecule has 0 radical (unpaired) electrons. The SMILES string of the molecule is CCCN1CCCc2cc(CN(CCCOC(C)C)C(=S)Nc3ccccc3C)ccc21. The van der Waals surface area contributed by atoms with Gasteiger partial charge in [0.1, 0.15) is 0 Å². The average Bonchev–Trinajstić information content (AvgIpc) is 2.77. The van der Waals surface area contributed by atoms with E-state index in [-0.39, 0.29) is 6.10 Å². The number of nitrogens with zero attached hydrogens (tertiary/aromatic N) is 2. The first kappa shape index (κ1) is 24.5. The van der Waals surface area contributed by atoms with Crippen molar-refractivity contribution in [2.75, 3.05) is 36.5 Å². The number of thiocarbonyl (C=S) groups is 1. The van der Waals surface area contributed by atoms with Gasteiger partial charge in [0.05, 0.1) is 6.10 Å². The van der Waals surface area contributed by atoms with Gasteiger partial charge in [0.15, 0.2) is 5.11 Å². The molecule has 4 nitrogen and oxygen atoms in total. The Labute approximate surface area is 199 Å². The fraction of sp³-hybridized carbons (Fsp3) is 0.519. The highest BCUT2D eigenvalue weighted by Gasteiger charge is 2.18. The number of hydrogen-bond acceptors (Lipinski definition) is 3. The molecule has 0 bridgehead atoms. The highest BCUT2D eigenvalue weighted by Crippen LogP contribution is 2.28. The van der Waals surface area contributed by atoms with Crippen LogP contribution in [-0.4, -0.2) is 42.4 Å². The van der Waals surface area contributed by atoms with Gasteiger partial charge in [-0.1, -0.05) is 37.3 Å². The van der Waals surface area contributed by atoms with Crippen LogP contribution in [0.1, 0.15) is 56.7 Å². The first-order chi connectivity index (χ1) is 15.5. The van der Waals surface area contributed by atoms with E-state index in [0.29, 0.717) is 0 Å². The molecule has 3 rings (SSSR count). The minimum atomic E-state index is 0.257. The quantitative estimate of drug-likeness (QED) is 0.343. The second-order valence-electron chi connectivity index (χ2n) is 8.99. The van der Waals surface area contributed by atoms with E-state index in [1.54, 1.807) is 0 Å². The molecule has 0 aliphatic carbocycles. The Balaban J connectivity index is 1.72. The van der Waals surface area contributed by atoms with Gasteiger partial charge in [0.2, 0.25) is 0 Å². The second-order valence-corrected chi connectivity index (χ2v) is 9.38. The Hall–Kier alpha value is -2.11. The van der Waals surface area contributed by atoms with Crippen LogP contribution in [0.2, 0.25) is 0 Å². The summed E-state index contributed by atoms with van der Waals surface area (Å²) in [7, 11) is 0. The monoisotopic (exact) mass is 453 g/mol. The Bertz CT molecular complexity index is 883. The molecule has 32 heavy (non-hydrogen) atoms. The summed E-state index contributed by atoms with van der Waals surface area (Å²) < 4.78 is 5.77. The Morgan fingerprint density at radius 2 is 2.03 bits per heavy atom. The number of para-hydroxylation sites is 1. The fourth-order valence-corrected chi connectivity index (χ4v) is 4.55. The summed E-state index contributed by atoms with van der Waals surface area (Å²) in [5.74, 6) is 0. The summed E-state index contributed by atoms with van der Waals surface area (Å²) >= 11 is 5.86. The van der Waals surface area contributed by atoms with Crippen molar-refractivity contribution in [2.24, 2.45) is 0 Å². The lowest BCUT2D eigenvalue weighted by Gasteiger charge is -2.32. The van der Waals surface area contributed by atoms with Crippen LogP contribution in [0.4, 0.5) is 11.4 Å². The summed E-state index contributed by atoms with van der Waals surface area (Å²) in [4.78, 5) is 4.81. The van der Waals surface area contributed by atoms with Crippen LogP contribution < -0.4 is 10.2 Å². The highest BCUT2D eigenvalue weighted by molar-refractivity contribution is 7.80. The number of fused-ring (bicyclic) bond motifs is 1. The van der Waals surface area contributed by atoms with Gasteiger partial charge in [0, 0.05) is 44.2 Å². The number of aryl methyl sites for hydroxylation is 2. The van der Waals surface area contributed by atoms with Crippen molar-refractivity contribution < 1.29 is 4.74 Å². The minimum Gasteiger partial charge on any atom is -0.379 e. The fourth-order valence-electron chi connectivity index (χ4n) is 4.28. The van der Waals surface area contributed by atoms with Crippen LogP contribution in [-0.2, 0) is 17.7 Å². The number of anilines is 2. The lowest BCUT2D eigenvalue weighted by molar-refractivity contribution is 0.0739.